The van der Waals surface area contributed by atoms with Crippen LogP contribution in [0.2, 0.25) is 0 Å². The number of ether oxygens (including phenoxy) is 3. The number of aryl methyl sites for hydroxylation is 1. The predicted octanol–water partition coefficient (Wildman–Crippen LogP) is 3.43. The van der Waals surface area contributed by atoms with Crippen molar-refractivity contribution in [1.29, 1.82) is 0 Å². The zero-order valence-corrected chi connectivity index (χ0v) is 17.1. The van der Waals surface area contributed by atoms with Crippen molar-refractivity contribution in [3.8, 4) is 11.5 Å². The van der Waals surface area contributed by atoms with Crippen LogP contribution in [0.1, 0.15) is 48.1 Å². The molecule has 0 amide bonds. The standard InChI is InChI=1S/C24H30O5/c1-15-21(26)13-20(14-25)29-24(15)18-6-8-22(27-2)19(12-18)11-16-5-7-23-17(10-16)4-3-9-28-23/h5-8,10,12,15,20-21,24-26H,3-4,9,11,13-14H2,1-2H3. The molecule has 5 heteroatoms. The molecule has 2 aromatic rings. The second-order valence-electron chi connectivity index (χ2n) is 8.17. The Morgan fingerprint density at radius 1 is 1.17 bits per heavy atom. The summed E-state index contributed by atoms with van der Waals surface area (Å²) in [4.78, 5) is 0. The van der Waals surface area contributed by atoms with Gasteiger partial charge in [-0.1, -0.05) is 25.1 Å². The molecule has 0 radical (unpaired) electrons. The van der Waals surface area contributed by atoms with E-state index in [1.165, 1.54) is 11.1 Å². The van der Waals surface area contributed by atoms with Gasteiger partial charge >= 0.3 is 0 Å². The minimum atomic E-state index is -0.489. The van der Waals surface area contributed by atoms with Crippen LogP contribution in [0.3, 0.4) is 0 Å². The summed E-state index contributed by atoms with van der Waals surface area (Å²) in [5, 5.41) is 19.9. The first kappa shape index (κ1) is 20.2. The Kier molecular flexibility index (Phi) is 6.09. The van der Waals surface area contributed by atoms with Crippen LogP contribution in [0.25, 0.3) is 0 Å². The van der Waals surface area contributed by atoms with Gasteiger partial charge in [-0.3, -0.25) is 0 Å². The fraction of sp³-hybridized carbons (Fsp3) is 0.500. The zero-order valence-electron chi connectivity index (χ0n) is 17.1. The quantitative estimate of drug-likeness (QED) is 0.808. The monoisotopic (exact) mass is 398 g/mol. The summed E-state index contributed by atoms with van der Waals surface area (Å²) in [7, 11) is 1.69. The average Bonchev–Trinajstić information content (AvgIpc) is 2.75. The Hall–Kier alpha value is -2.08. The molecule has 2 aliphatic heterocycles. The summed E-state index contributed by atoms with van der Waals surface area (Å²) in [6, 6.07) is 12.5. The van der Waals surface area contributed by atoms with Crippen LogP contribution in [-0.2, 0) is 17.6 Å². The van der Waals surface area contributed by atoms with Gasteiger partial charge in [0.2, 0.25) is 0 Å². The number of aliphatic hydroxyl groups excluding tert-OH is 2. The molecule has 5 nitrogen and oxygen atoms in total. The predicted molar refractivity (Wildman–Crippen MR) is 111 cm³/mol. The topological polar surface area (TPSA) is 68.2 Å². The Morgan fingerprint density at radius 2 is 2.03 bits per heavy atom. The molecule has 0 bridgehead atoms. The van der Waals surface area contributed by atoms with E-state index < -0.39 is 6.10 Å². The molecule has 0 aromatic heterocycles. The highest BCUT2D eigenvalue weighted by Gasteiger charge is 2.35. The summed E-state index contributed by atoms with van der Waals surface area (Å²) < 4.78 is 17.4. The van der Waals surface area contributed by atoms with E-state index in [9.17, 15) is 10.2 Å². The normalized spacial score (nSPS) is 26.5. The first-order valence-electron chi connectivity index (χ1n) is 10.4. The number of hydrogen-bond donors (Lipinski definition) is 2. The molecule has 2 aliphatic rings. The van der Waals surface area contributed by atoms with E-state index in [1.54, 1.807) is 7.11 Å². The molecule has 0 spiro atoms. The van der Waals surface area contributed by atoms with E-state index in [0.717, 1.165) is 48.5 Å². The smallest absolute Gasteiger partial charge is 0.122 e. The van der Waals surface area contributed by atoms with Gasteiger partial charge < -0.3 is 24.4 Å². The molecule has 2 heterocycles. The van der Waals surface area contributed by atoms with Crippen LogP contribution in [0.15, 0.2) is 36.4 Å². The van der Waals surface area contributed by atoms with Gasteiger partial charge in [-0.25, -0.2) is 0 Å². The summed E-state index contributed by atoms with van der Waals surface area (Å²) in [5.41, 5.74) is 4.57. The molecule has 2 N–H and O–H groups in total. The third-order valence-corrected chi connectivity index (χ3v) is 6.13. The second kappa shape index (κ2) is 8.74. The van der Waals surface area contributed by atoms with E-state index in [2.05, 4.69) is 24.3 Å². The lowest BCUT2D eigenvalue weighted by molar-refractivity contribution is -0.145. The van der Waals surface area contributed by atoms with Gasteiger partial charge in [0.1, 0.15) is 11.5 Å². The maximum atomic E-state index is 10.4. The van der Waals surface area contributed by atoms with Gasteiger partial charge in [-0.15, -0.1) is 0 Å². The van der Waals surface area contributed by atoms with Crippen LogP contribution >= 0.6 is 0 Å². The van der Waals surface area contributed by atoms with Crippen LogP contribution in [-0.4, -0.2) is 42.7 Å². The lowest BCUT2D eigenvalue weighted by atomic mass is 9.85. The van der Waals surface area contributed by atoms with Gasteiger partial charge in [0.05, 0.1) is 38.6 Å². The molecule has 4 atom stereocenters. The van der Waals surface area contributed by atoms with Crippen LogP contribution in [0.5, 0.6) is 11.5 Å². The highest BCUT2D eigenvalue weighted by molar-refractivity contribution is 5.44. The number of methoxy groups -OCH3 is 1. The van der Waals surface area contributed by atoms with Crippen molar-refractivity contribution < 1.29 is 24.4 Å². The van der Waals surface area contributed by atoms with Crippen molar-refractivity contribution in [2.75, 3.05) is 20.3 Å². The number of fused-ring (bicyclic) bond motifs is 1. The Balaban J connectivity index is 1.62. The highest BCUT2D eigenvalue weighted by Crippen LogP contribution is 2.38. The van der Waals surface area contributed by atoms with Crippen molar-refractivity contribution in [2.24, 2.45) is 5.92 Å². The third kappa shape index (κ3) is 4.27. The number of aliphatic hydroxyl groups is 2. The molecule has 1 fully saturated rings. The SMILES string of the molecule is COc1ccc(C2OC(CO)CC(O)C2C)cc1Cc1ccc2c(c1)CCCO2. The molecule has 29 heavy (non-hydrogen) atoms. The molecule has 1 saturated heterocycles. The van der Waals surface area contributed by atoms with E-state index >= 15 is 0 Å². The number of benzene rings is 2. The highest BCUT2D eigenvalue weighted by atomic mass is 16.5. The van der Waals surface area contributed by atoms with Crippen molar-refractivity contribution in [1.82, 2.24) is 0 Å². The van der Waals surface area contributed by atoms with Crippen molar-refractivity contribution in [3.05, 3.63) is 58.7 Å². The Bertz CT molecular complexity index is 849. The Labute approximate surface area is 172 Å². The van der Waals surface area contributed by atoms with Crippen molar-refractivity contribution >= 4 is 0 Å². The first-order valence-corrected chi connectivity index (χ1v) is 10.4. The molecule has 4 unspecified atom stereocenters. The molecule has 4 rings (SSSR count). The maximum absolute atomic E-state index is 10.4. The number of hydrogen-bond acceptors (Lipinski definition) is 5. The molecular formula is C24H30O5. The van der Waals surface area contributed by atoms with Gasteiger partial charge in [-0.05, 0) is 53.3 Å². The molecule has 2 aromatic carbocycles. The second-order valence-corrected chi connectivity index (χ2v) is 8.17. The molecule has 0 aliphatic carbocycles. The summed E-state index contributed by atoms with van der Waals surface area (Å²) in [6.45, 7) is 2.71. The molecule has 156 valence electrons. The lowest BCUT2D eigenvalue weighted by Crippen LogP contribution is -2.39. The minimum absolute atomic E-state index is 0.0417. The third-order valence-electron chi connectivity index (χ3n) is 6.13. The minimum Gasteiger partial charge on any atom is -0.496 e. The number of rotatable bonds is 5. The van der Waals surface area contributed by atoms with Crippen molar-refractivity contribution in [3.63, 3.8) is 0 Å². The van der Waals surface area contributed by atoms with Gasteiger partial charge in [0.25, 0.3) is 0 Å². The molecular weight excluding hydrogens is 368 g/mol. The van der Waals surface area contributed by atoms with Crippen molar-refractivity contribution in [2.45, 2.75) is 50.9 Å². The van der Waals surface area contributed by atoms with E-state index in [4.69, 9.17) is 14.2 Å². The Morgan fingerprint density at radius 3 is 2.83 bits per heavy atom. The van der Waals surface area contributed by atoms with E-state index in [1.807, 2.05) is 19.1 Å². The first-order chi connectivity index (χ1) is 14.1. The van der Waals surface area contributed by atoms with Crippen LogP contribution in [0, 0.1) is 5.92 Å². The molecule has 0 saturated carbocycles. The zero-order chi connectivity index (χ0) is 20.4. The fourth-order valence-corrected chi connectivity index (χ4v) is 4.43. The van der Waals surface area contributed by atoms with Gasteiger partial charge in [0, 0.05) is 18.8 Å². The fourth-order valence-electron chi connectivity index (χ4n) is 4.43. The summed E-state index contributed by atoms with van der Waals surface area (Å²) in [6.07, 6.45) is 2.24. The summed E-state index contributed by atoms with van der Waals surface area (Å²) >= 11 is 0. The van der Waals surface area contributed by atoms with Crippen LogP contribution < -0.4 is 9.47 Å². The average molecular weight is 398 g/mol. The van der Waals surface area contributed by atoms with Gasteiger partial charge in [0.15, 0.2) is 0 Å². The van der Waals surface area contributed by atoms with E-state index in [0.29, 0.717) is 6.42 Å². The maximum Gasteiger partial charge on any atom is 0.122 e. The largest absolute Gasteiger partial charge is 0.496 e. The van der Waals surface area contributed by atoms with Gasteiger partial charge in [-0.2, -0.15) is 0 Å². The summed E-state index contributed by atoms with van der Waals surface area (Å²) in [5.74, 6) is 1.79. The van der Waals surface area contributed by atoms with E-state index in [-0.39, 0.29) is 24.7 Å². The van der Waals surface area contributed by atoms with Crippen LogP contribution in [0.4, 0.5) is 0 Å². The lowest BCUT2D eigenvalue weighted by Gasteiger charge is -2.38.